The number of aromatic nitrogens is 2. The van der Waals surface area contributed by atoms with E-state index in [-0.39, 0.29) is 11.3 Å². The predicted molar refractivity (Wildman–Crippen MR) is 107 cm³/mol. The average Bonchev–Trinajstić information content (AvgIpc) is 3.16. The van der Waals surface area contributed by atoms with Crippen molar-refractivity contribution in [2.75, 3.05) is 19.5 Å². The molecule has 7 heteroatoms. The van der Waals surface area contributed by atoms with Gasteiger partial charge < -0.3 is 9.47 Å². The summed E-state index contributed by atoms with van der Waals surface area (Å²) >= 11 is 1.42. The number of carbonyl (C=O) groups excluding carboxylic acids is 1. The molecule has 0 radical (unpaired) electrons. The van der Waals surface area contributed by atoms with Crippen LogP contribution in [0.5, 0.6) is 11.5 Å². The fourth-order valence-corrected chi connectivity index (χ4v) is 4.74. The van der Waals surface area contributed by atoms with Gasteiger partial charge in [0.1, 0.15) is 22.1 Å². The molecule has 0 atom stereocenters. The number of hydrogen-bond acceptors (Lipinski definition) is 6. The van der Waals surface area contributed by atoms with Crippen molar-refractivity contribution in [1.82, 2.24) is 10.2 Å². The molecule has 6 nitrogen and oxygen atoms in total. The van der Waals surface area contributed by atoms with Gasteiger partial charge >= 0.3 is 0 Å². The molecule has 0 unspecified atom stereocenters. The van der Waals surface area contributed by atoms with Gasteiger partial charge in [0, 0.05) is 5.41 Å². The molecule has 1 fully saturated rings. The molecule has 1 N–H and O–H groups in total. The van der Waals surface area contributed by atoms with Crippen LogP contribution < -0.4 is 14.8 Å². The fourth-order valence-electron chi connectivity index (χ4n) is 3.68. The van der Waals surface area contributed by atoms with Crippen LogP contribution in [0, 0.1) is 0 Å². The van der Waals surface area contributed by atoms with E-state index in [9.17, 15) is 4.79 Å². The number of ether oxygens (including phenoxy) is 2. The number of nitrogens with zero attached hydrogens (tertiary/aromatic N) is 2. The van der Waals surface area contributed by atoms with Gasteiger partial charge in [0.15, 0.2) is 0 Å². The monoisotopic (exact) mass is 387 g/mol. The Morgan fingerprint density at radius 1 is 1.15 bits per heavy atom. The lowest BCUT2D eigenvalue weighted by Crippen LogP contribution is -2.29. The number of methoxy groups -OCH3 is 2. The highest BCUT2D eigenvalue weighted by Crippen LogP contribution is 2.46. The quantitative estimate of drug-likeness (QED) is 0.734. The summed E-state index contributed by atoms with van der Waals surface area (Å²) in [5.74, 6) is 0.560. The number of amides is 1. The first-order valence-electron chi connectivity index (χ1n) is 9.04. The summed E-state index contributed by atoms with van der Waals surface area (Å²) in [6.07, 6.45) is 5.63. The minimum atomic E-state index is -0.333. The highest BCUT2D eigenvalue weighted by Gasteiger charge is 2.38. The molecule has 0 aliphatic heterocycles. The Balaban J connectivity index is 1.86. The number of anilines is 1. The number of nitrogens with one attached hydrogen (secondary N) is 1. The van der Waals surface area contributed by atoms with Crippen molar-refractivity contribution in [2.24, 2.45) is 0 Å². The van der Waals surface area contributed by atoms with Crippen molar-refractivity contribution in [3.8, 4) is 11.5 Å². The lowest BCUT2D eigenvalue weighted by atomic mass is 9.70. The second-order valence-electron chi connectivity index (χ2n) is 6.83. The normalized spacial score (nSPS) is 15.8. The van der Waals surface area contributed by atoms with Gasteiger partial charge in [0.25, 0.3) is 5.91 Å². The Hall–Kier alpha value is -2.41. The van der Waals surface area contributed by atoms with Gasteiger partial charge in [0.05, 0.1) is 14.2 Å². The van der Waals surface area contributed by atoms with Crippen molar-refractivity contribution >= 4 is 22.4 Å². The third-order valence-corrected chi connectivity index (χ3v) is 6.28. The van der Waals surface area contributed by atoms with Crippen LogP contribution >= 0.6 is 11.3 Å². The van der Waals surface area contributed by atoms with Crippen LogP contribution in [-0.2, 0) is 5.41 Å². The maximum atomic E-state index is 12.8. The van der Waals surface area contributed by atoms with Gasteiger partial charge in [-0.05, 0) is 31.9 Å². The molecule has 144 valence electrons. The minimum absolute atomic E-state index is 0.124. The Bertz CT molecular complexity index is 818. The van der Waals surface area contributed by atoms with E-state index in [1.807, 2.05) is 0 Å². The summed E-state index contributed by atoms with van der Waals surface area (Å²) in [4.78, 5) is 12.8. The number of allylic oxidation sites excluding steroid dienone is 1. The molecule has 1 aliphatic rings. The lowest BCUT2D eigenvalue weighted by molar-refractivity contribution is 0.102. The van der Waals surface area contributed by atoms with Crippen molar-refractivity contribution in [1.29, 1.82) is 0 Å². The summed E-state index contributed by atoms with van der Waals surface area (Å²) in [6.45, 7) is 6.27. The molecular weight excluding hydrogens is 362 g/mol. The van der Waals surface area contributed by atoms with Gasteiger partial charge in [-0.1, -0.05) is 48.8 Å². The lowest BCUT2D eigenvalue weighted by Gasteiger charge is -2.35. The van der Waals surface area contributed by atoms with E-state index in [0.717, 1.165) is 36.3 Å². The standard InChI is InChI=1S/C20H25N3O3S/c1-13(2)20(11-6-5-7-12-20)18-22-23-19(27-18)21-17(24)16-14(25-3)9-8-10-15(16)26-4/h8-10H,1,5-7,11-12H2,2-4H3,(H,21,23,24). The van der Waals surface area contributed by atoms with Crippen molar-refractivity contribution < 1.29 is 14.3 Å². The molecule has 1 aliphatic carbocycles. The third-order valence-electron chi connectivity index (χ3n) is 5.23. The summed E-state index contributed by atoms with van der Waals surface area (Å²) < 4.78 is 10.6. The zero-order chi connectivity index (χ0) is 19.4. The summed E-state index contributed by atoms with van der Waals surface area (Å²) in [5, 5.41) is 12.8. The molecule has 0 bridgehead atoms. The molecule has 0 saturated heterocycles. The maximum Gasteiger partial charge on any atom is 0.265 e. The van der Waals surface area contributed by atoms with Gasteiger partial charge in [-0.25, -0.2) is 0 Å². The predicted octanol–water partition coefficient (Wildman–Crippen LogP) is 4.59. The second-order valence-corrected chi connectivity index (χ2v) is 7.80. The number of hydrogen-bond donors (Lipinski definition) is 1. The molecule has 3 rings (SSSR count). The first-order valence-corrected chi connectivity index (χ1v) is 9.86. The van der Waals surface area contributed by atoms with E-state index < -0.39 is 0 Å². The Kier molecular flexibility index (Phi) is 5.79. The number of rotatable bonds is 6. The highest BCUT2D eigenvalue weighted by atomic mass is 32.1. The third kappa shape index (κ3) is 3.69. The van der Waals surface area contributed by atoms with E-state index in [0.29, 0.717) is 22.2 Å². The van der Waals surface area contributed by atoms with E-state index in [2.05, 4.69) is 29.0 Å². The fraction of sp³-hybridized carbons (Fsp3) is 0.450. The van der Waals surface area contributed by atoms with Crippen LogP contribution in [0.25, 0.3) is 0 Å². The first kappa shape index (κ1) is 19.4. The summed E-state index contributed by atoms with van der Waals surface area (Å²) in [5.41, 5.74) is 1.33. The van der Waals surface area contributed by atoms with Gasteiger partial charge in [-0.15, -0.1) is 10.2 Å². The summed E-state index contributed by atoms with van der Waals surface area (Å²) in [6, 6.07) is 5.22. The Labute approximate surface area is 163 Å². The van der Waals surface area contributed by atoms with Crippen molar-refractivity contribution in [3.63, 3.8) is 0 Å². The first-order chi connectivity index (χ1) is 13.0. The average molecular weight is 388 g/mol. The number of benzene rings is 1. The molecule has 1 amide bonds. The van der Waals surface area contributed by atoms with Crippen LogP contribution in [0.1, 0.15) is 54.4 Å². The smallest absolute Gasteiger partial charge is 0.265 e. The molecule has 1 heterocycles. The minimum Gasteiger partial charge on any atom is -0.496 e. The molecule has 27 heavy (non-hydrogen) atoms. The molecular formula is C20H25N3O3S. The van der Waals surface area contributed by atoms with E-state index in [1.165, 1.54) is 32.0 Å². The SMILES string of the molecule is C=C(C)C1(c2nnc(NC(=O)c3c(OC)cccc3OC)s2)CCCCC1. The van der Waals surface area contributed by atoms with Gasteiger partial charge in [-0.2, -0.15) is 0 Å². The van der Waals surface area contributed by atoms with Crippen LogP contribution in [0.2, 0.25) is 0 Å². The molecule has 1 saturated carbocycles. The van der Waals surface area contributed by atoms with Gasteiger partial charge in [-0.3, -0.25) is 10.1 Å². The zero-order valence-electron chi connectivity index (χ0n) is 16.0. The Morgan fingerprint density at radius 3 is 2.33 bits per heavy atom. The van der Waals surface area contributed by atoms with Crippen LogP contribution in [-0.4, -0.2) is 30.3 Å². The largest absolute Gasteiger partial charge is 0.496 e. The zero-order valence-corrected chi connectivity index (χ0v) is 16.8. The van der Waals surface area contributed by atoms with Crippen molar-refractivity contribution in [2.45, 2.75) is 44.4 Å². The maximum absolute atomic E-state index is 12.8. The van der Waals surface area contributed by atoms with E-state index >= 15 is 0 Å². The number of carbonyl (C=O) groups is 1. The molecule has 2 aromatic rings. The molecule has 1 aromatic heterocycles. The second kappa shape index (κ2) is 8.08. The van der Waals surface area contributed by atoms with E-state index in [1.54, 1.807) is 18.2 Å². The van der Waals surface area contributed by atoms with Crippen LogP contribution in [0.4, 0.5) is 5.13 Å². The summed E-state index contributed by atoms with van der Waals surface area (Å²) in [7, 11) is 3.04. The van der Waals surface area contributed by atoms with Gasteiger partial charge in [0.2, 0.25) is 5.13 Å². The topological polar surface area (TPSA) is 73.3 Å². The van der Waals surface area contributed by atoms with E-state index in [4.69, 9.17) is 9.47 Å². The highest BCUT2D eigenvalue weighted by molar-refractivity contribution is 7.15. The molecule has 0 spiro atoms. The van der Waals surface area contributed by atoms with Crippen LogP contribution in [0.3, 0.4) is 0 Å². The van der Waals surface area contributed by atoms with Crippen LogP contribution in [0.15, 0.2) is 30.4 Å². The molecule has 1 aromatic carbocycles. The van der Waals surface area contributed by atoms with Crippen molar-refractivity contribution in [3.05, 3.63) is 40.9 Å². The Morgan fingerprint density at radius 2 is 1.78 bits per heavy atom.